The summed E-state index contributed by atoms with van der Waals surface area (Å²) in [4.78, 5) is 32.5. The number of piperazine rings is 1. The van der Waals surface area contributed by atoms with Gasteiger partial charge < -0.3 is 20.3 Å². The molecule has 0 spiro atoms. The van der Waals surface area contributed by atoms with Crippen LogP contribution in [0.25, 0.3) is 0 Å². The highest BCUT2D eigenvalue weighted by Gasteiger charge is 2.53. The first-order valence-electron chi connectivity index (χ1n) is 7.83. The molecule has 0 aliphatic carbocycles. The first-order chi connectivity index (χ1) is 10.6. The zero-order valence-electron chi connectivity index (χ0n) is 13.6. The Bertz CT molecular complexity index is 471. The molecule has 0 aromatic rings. The SMILES string of the molecule is CC(C)(C)OC(=O)N1C2CCC3NC2CCC31.O=C(O)C(=O)O. The Balaban J connectivity index is 0.000000277. The number of hydrogen-bond acceptors (Lipinski definition) is 5. The van der Waals surface area contributed by atoms with Crippen LogP contribution in [0.1, 0.15) is 46.5 Å². The van der Waals surface area contributed by atoms with E-state index in [1.165, 1.54) is 12.8 Å². The van der Waals surface area contributed by atoms with Gasteiger partial charge in [-0.3, -0.25) is 4.90 Å². The van der Waals surface area contributed by atoms with Gasteiger partial charge >= 0.3 is 18.0 Å². The van der Waals surface area contributed by atoms with E-state index >= 15 is 0 Å². The second-order valence-electron chi connectivity index (χ2n) is 7.17. The number of nitrogens with zero attached hydrogens (tertiary/aromatic N) is 1. The van der Waals surface area contributed by atoms with Crippen molar-refractivity contribution in [1.29, 1.82) is 0 Å². The molecule has 8 heteroatoms. The van der Waals surface area contributed by atoms with Crippen LogP contribution in [-0.2, 0) is 14.3 Å². The molecular formula is C15H24N2O6. The van der Waals surface area contributed by atoms with Gasteiger partial charge in [-0.25, -0.2) is 14.4 Å². The number of piperidine rings is 4. The quantitative estimate of drug-likeness (QED) is 0.569. The van der Waals surface area contributed by atoms with E-state index in [1.54, 1.807) is 0 Å². The highest BCUT2D eigenvalue weighted by Crippen LogP contribution is 2.40. The zero-order valence-corrected chi connectivity index (χ0v) is 13.6. The Morgan fingerprint density at radius 2 is 1.39 bits per heavy atom. The van der Waals surface area contributed by atoms with Crippen LogP contribution in [-0.4, -0.2) is 62.9 Å². The lowest BCUT2D eigenvalue weighted by atomic mass is 9.73. The maximum atomic E-state index is 12.3. The fourth-order valence-electron chi connectivity index (χ4n) is 3.65. The van der Waals surface area contributed by atoms with Gasteiger partial charge in [0.25, 0.3) is 0 Å². The molecule has 5 rings (SSSR count). The molecule has 0 saturated carbocycles. The van der Waals surface area contributed by atoms with Gasteiger partial charge in [-0.15, -0.1) is 0 Å². The van der Waals surface area contributed by atoms with Crippen molar-refractivity contribution in [3.05, 3.63) is 0 Å². The van der Waals surface area contributed by atoms with Gasteiger partial charge in [-0.1, -0.05) is 0 Å². The molecule has 3 N–H and O–H groups in total. The Morgan fingerprint density at radius 1 is 0.957 bits per heavy atom. The van der Waals surface area contributed by atoms with E-state index in [2.05, 4.69) is 5.32 Å². The first kappa shape index (κ1) is 17.5. The Labute approximate surface area is 134 Å². The van der Waals surface area contributed by atoms with E-state index in [-0.39, 0.29) is 11.7 Å². The summed E-state index contributed by atoms with van der Waals surface area (Å²) >= 11 is 0. The molecule has 0 aromatic carbocycles. The van der Waals surface area contributed by atoms with Crippen LogP contribution in [0.5, 0.6) is 0 Å². The smallest absolute Gasteiger partial charge is 0.414 e. The number of ether oxygens (including phenoxy) is 1. The molecule has 5 aliphatic heterocycles. The maximum Gasteiger partial charge on any atom is 0.414 e. The molecule has 4 bridgehead atoms. The molecule has 5 saturated heterocycles. The second kappa shape index (κ2) is 6.35. The summed E-state index contributed by atoms with van der Waals surface area (Å²) in [5.41, 5.74) is -0.388. The number of carboxylic acids is 2. The number of amides is 1. The van der Waals surface area contributed by atoms with E-state index in [0.717, 1.165) is 12.8 Å². The van der Waals surface area contributed by atoms with E-state index in [4.69, 9.17) is 24.5 Å². The first-order valence-corrected chi connectivity index (χ1v) is 7.83. The predicted octanol–water partition coefficient (Wildman–Crippen LogP) is 1.04. The van der Waals surface area contributed by atoms with Crippen molar-refractivity contribution in [3.8, 4) is 0 Å². The number of rotatable bonds is 0. The molecule has 0 aromatic heterocycles. The van der Waals surface area contributed by atoms with Crippen molar-refractivity contribution in [2.24, 2.45) is 0 Å². The molecule has 1 amide bonds. The van der Waals surface area contributed by atoms with Gasteiger partial charge in [0, 0.05) is 12.1 Å². The number of carboxylic acid groups (broad SMARTS) is 2. The number of carbonyl (C=O) groups is 3. The van der Waals surface area contributed by atoms with Gasteiger partial charge in [0.15, 0.2) is 0 Å². The predicted molar refractivity (Wildman–Crippen MR) is 80.1 cm³/mol. The molecule has 5 aliphatic rings. The number of fused-ring (bicyclic) bond motifs is 2. The van der Waals surface area contributed by atoms with E-state index < -0.39 is 11.9 Å². The average Bonchev–Trinajstić information content (AvgIpc) is 2.45. The third kappa shape index (κ3) is 3.93. The topological polar surface area (TPSA) is 116 Å². The second-order valence-corrected chi connectivity index (χ2v) is 7.17. The number of hydrogen-bond donors (Lipinski definition) is 3. The summed E-state index contributed by atoms with van der Waals surface area (Å²) in [5.74, 6) is -3.65. The highest BCUT2D eigenvalue weighted by atomic mass is 16.6. The van der Waals surface area contributed by atoms with Crippen LogP contribution in [0.3, 0.4) is 0 Å². The summed E-state index contributed by atoms with van der Waals surface area (Å²) in [6, 6.07) is 1.75. The highest BCUT2D eigenvalue weighted by molar-refractivity contribution is 6.27. The minimum atomic E-state index is -1.82. The molecule has 0 radical (unpaired) electrons. The Kier molecular flexibility index (Phi) is 4.84. The normalized spacial score (nSPS) is 31.2. The summed E-state index contributed by atoms with van der Waals surface area (Å²) in [6.07, 6.45) is 4.59. The van der Waals surface area contributed by atoms with Gasteiger partial charge in [-0.05, 0) is 46.5 Å². The molecule has 5 fully saturated rings. The monoisotopic (exact) mass is 328 g/mol. The summed E-state index contributed by atoms with van der Waals surface area (Å²) in [5, 5.41) is 18.4. The van der Waals surface area contributed by atoms with Crippen LogP contribution in [0, 0.1) is 0 Å². The van der Waals surface area contributed by atoms with Crippen molar-refractivity contribution >= 4 is 18.0 Å². The van der Waals surface area contributed by atoms with Crippen molar-refractivity contribution < 1.29 is 29.3 Å². The van der Waals surface area contributed by atoms with Crippen LogP contribution >= 0.6 is 0 Å². The van der Waals surface area contributed by atoms with Gasteiger partial charge in [0.05, 0.1) is 12.1 Å². The Hall–Kier alpha value is -1.83. The minimum Gasteiger partial charge on any atom is -0.473 e. The Morgan fingerprint density at radius 3 is 1.74 bits per heavy atom. The van der Waals surface area contributed by atoms with E-state index in [1.807, 2.05) is 25.7 Å². The molecular weight excluding hydrogens is 304 g/mol. The molecule has 4 unspecified atom stereocenters. The average molecular weight is 328 g/mol. The van der Waals surface area contributed by atoms with Crippen molar-refractivity contribution in [1.82, 2.24) is 10.2 Å². The van der Waals surface area contributed by atoms with E-state index in [0.29, 0.717) is 24.2 Å². The van der Waals surface area contributed by atoms with Crippen molar-refractivity contribution in [3.63, 3.8) is 0 Å². The van der Waals surface area contributed by atoms with Crippen LogP contribution in [0.2, 0.25) is 0 Å². The van der Waals surface area contributed by atoms with Gasteiger partial charge in [0.1, 0.15) is 5.60 Å². The molecule has 130 valence electrons. The maximum absolute atomic E-state index is 12.3. The molecule has 23 heavy (non-hydrogen) atoms. The minimum absolute atomic E-state index is 0.108. The zero-order chi connectivity index (χ0) is 17.4. The standard InChI is InChI=1S/C13H22N2O2.C2H2O4/c1-13(2,3)17-12(16)15-10-6-4-8-11(15)7-5-9(10)14-8;3-1(4)2(5)6/h8-11,14H,4-7H2,1-3H3;(H,3,4)(H,5,6). The van der Waals surface area contributed by atoms with Gasteiger partial charge in [-0.2, -0.15) is 0 Å². The van der Waals surface area contributed by atoms with Crippen molar-refractivity contribution in [2.75, 3.05) is 0 Å². The third-order valence-corrected chi connectivity index (χ3v) is 4.41. The lowest BCUT2D eigenvalue weighted by molar-refractivity contribution is -0.159. The molecule has 4 atom stereocenters. The third-order valence-electron chi connectivity index (χ3n) is 4.41. The van der Waals surface area contributed by atoms with Crippen molar-refractivity contribution in [2.45, 2.75) is 76.2 Å². The largest absolute Gasteiger partial charge is 0.473 e. The fraction of sp³-hybridized carbons (Fsp3) is 0.800. The lowest BCUT2D eigenvalue weighted by Crippen LogP contribution is -2.75. The lowest BCUT2D eigenvalue weighted by Gasteiger charge is -2.59. The van der Waals surface area contributed by atoms with Gasteiger partial charge in [0.2, 0.25) is 0 Å². The van der Waals surface area contributed by atoms with Crippen LogP contribution < -0.4 is 5.32 Å². The van der Waals surface area contributed by atoms with Crippen LogP contribution in [0.15, 0.2) is 0 Å². The number of nitrogens with one attached hydrogen (secondary N) is 1. The fourth-order valence-corrected chi connectivity index (χ4v) is 3.65. The number of carbonyl (C=O) groups excluding carboxylic acids is 1. The summed E-state index contributed by atoms with van der Waals surface area (Å²) < 4.78 is 5.54. The van der Waals surface area contributed by atoms with E-state index in [9.17, 15) is 4.79 Å². The molecule has 8 nitrogen and oxygen atoms in total. The number of aliphatic carboxylic acids is 2. The summed E-state index contributed by atoms with van der Waals surface area (Å²) in [6.45, 7) is 5.80. The molecule has 5 heterocycles. The van der Waals surface area contributed by atoms with Crippen LogP contribution in [0.4, 0.5) is 4.79 Å². The summed E-state index contributed by atoms with van der Waals surface area (Å²) in [7, 11) is 0.